The Morgan fingerprint density at radius 1 is 1.18 bits per heavy atom. The van der Waals surface area contributed by atoms with Crippen LogP contribution in [-0.2, 0) is 21.4 Å². The van der Waals surface area contributed by atoms with Gasteiger partial charge in [-0.3, -0.25) is 9.35 Å². The number of carbonyl (C=O) groups excluding carboxylic acids is 1. The van der Waals surface area contributed by atoms with E-state index in [9.17, 15) is 17.8 Å². The Bertz CT molecular complexity index is 1370. The minimum atomic E-state index is -4.29. The molecule has 0 atom stereocenters. The van der Waals surface area contributed by atoms with Gasteiger partial charge in [-0.25, -0.2) is 0 Å². The average molecular weight is 486 g/mol. The summed E-state index contributed by atoms with van der Waals surface area (Å²) in [5, 5.41) is -0.542. The molecule has 4 rings (SSSR count). The Morgan fingerprint density at radius 2 is 1.88 bits per heavy atom. The second kappa shape index (κ2) is 8.82. The summed E-state index contributed by atoms with van der Waals surface area (Å²) >= 11 is 6.85. The predicted octanol–water partition coefficient (Wildman–Crippen LogP) is 5.41. The van der Waals surface area contributed by atoms with Crippen molar-refractivity contribution < 1.29 is 22.2 Å². The molecular weight excluding hydrogens is 462 g/mol. The number of alkyl halides is 1. The van der Waals surface area contributed by atoms with E-state index in [1.54, 1.807) is 42.5 Å². The van der Waals surface area contributed by atoms with E-state index in [4.69, 9.17) is 21.8 Å². The lowest BCUT2D eigenvalue weighted by Gasteiger charge is -2.26. The highest BCUT2D eigenvalue weighted by molar-refractivity contribution is 7.86. The number of anilines is 1. The molecule has 0 unspecified atom stereocenters. The molecule has 1 aliphatic rings. The molecule has 1 heterocycles. The Balaban J connectivity index is 1.83. The molecule has 0 saturated heterocycles. The third-order valence-electron chi connectivity index (χ3n) is 5.75. The number of ketones is 1. The fourth-order valence-corrected chi connectivity index (χ4v) is 4.91. The first-order chi connectivity index (χ1) is 15.6. The van der Waals surface area contributed by atoms with Crippen molar-refractivity contribution in [3.05, 3.63) is 89.2 Å². The monoisotopic (exact) mass is 485 g/mol. The molecule has 0 saturated carbocycles. The smallest absolute Gasteiger partial charge is 0.275 e. The number of nitrogen functional groups attached to an aromatic ring is 1. The normalized spacial score (nSPS) is 20.4. The van der Waals surface area contributed by atoms with Gasteiger partial charge in [-0.2, -0.15) is 8.42 Å². The van der Waals surface area contributed by atoms with Crippen LogP contribution < -0.4 is 5.73 Å². The molecule has 3 aromatic rings. The number of rotatable bonds is 7. The molecule has 0 fully saturated rings. The SMILES string of the molecule is CCCCc1oc2ccc(N)cc2c1C(=O)c1ccccc1C1(Cl)C=CC(S(=O)(=O)O)C=C1. The van der Waals surface area contributed by atoms with E-state index in [-0.39, 0.29) is 5.78 Å². The summed E-state index contributed by atoms with van der Waals surface area (Å²) in [5.41, 5.74) is 8.43. The van der Waals surface area contributed by atoms with E-state index in [0.29, 0.717) is 45.5 Å². The molecule has 0 amide bonds. The maximum absolute atomic E-state index is 13.9. The zero-order valence-corrected chi connectivity index (χ0v) is 19.6. The van der Waals surface area contributed by atoms with Crippen LogP contribution >= 0.6 is 11.6 Å². The average Bonchev–Trinajstić information content (AvgIpc) is 3.14. The number of aryl methyl sites for hydroxylation is 1. The summed E-state index contributed by atoms with van der Waals surface area (Å²) in [6.45, 7) is 2.07. The second-order valence-electron chi connectivity index (χ2n) is 8.10. The highest BCUT2D eigenvalue weighted by Crippen LogP contribution is 2.40. The minimum Gasteiger partial charge on any atom is -0.460 e. The lowest BCUT2D eigenvalue weighted by Crippen LogP contribution is -2.25. The van der Waals surface area contributed by atoms with Gasteiger partial charge in [-0.15, -0.1) is 11.6 Å². The number of carbonyl (C=O) groups is 1. The molecule has 6 nitrogen and oxygen atoms in total. The highest BCUT2D eigenvalue weighted by atomic mass is 35.5. The molecule has 0 radical (unpaired) electrons. The van der Waals surface area contributed by atoms with Crippen molar-refractivity contribution in [2.24, 2.45) is 0 Å². The number of hydrogen-bond donors (Lipinski definition) is 2. The van der Waals surface area contributed by atoms with Gasteiger partial charge < -0.3 is 10.2 Å². The summed E-state index contributed by atoms with van der Waals surface area (Å²) in [4.78, 5) is 12.6. The van der Waals surface area contributed by atoms with E-state index in [0.717, 1.165) is 12.8 Å². The Kier molecular flexibility index (Phi) is 6.22. The second-order valence-corrected chi connectivity index (χ2v) is 10.3. The number of hydrogen-bond acceptors (Lipinski definition) is 5. The van der Waals surface area contributed by atoms with Crippen LogP contribution in [0.3, 0.4) is 0 Å². The van der Waals surface area contributed by atoms with Gasteiger partial charge in [0.05, 0.1) is 5.56 Å². The third kappa shape index (κ3) is 4.49. The van der Waals surface area contributed by atoms with E-state index in [1.807, 2.05) is 0 Å². The van der Waals surface area contributed by atoms with Crippen molar-refractivity contribution in [1.82, 2.24) is 0 Å². The van der Waals surface area contributed by atoms with Crippen LogP contribution in [0.15, 0.2) is 71.2 Å². The Morgan fingerprint density at radius 3 is 2.55 bits per heavy atom. The fraction of sp³-hybridized carbons (Fsp3) is 0.240. The number of unbranched alkanes of at least 4 members (excludes halogenated alkanes) is 1. The molecule has 1 aromatic heterocycles. The number of fused-ring (bicyclic) bond motifs is 1. The summed E-state index contributed by atoms with van der Waals surface area (Å²) in [5.74, 6) is 0.349. The number of allylic oxidation sites excluding steroid dienone is 2. The Labute approximate surface area is 197 Å². The summed E-state index contributed by atoms with van der Waals surface area (Å²) in [7, 11) is -4.29. The van der Waals surface area contributed by atoms with E-state index < -0.39 is 20.2 Å². The molecule has 0 aliphatic heterocycles. The van der Waals surface area contributed by atoms with Crippen LogP contribution in [0.1, 0.15) is 47.0 Å². The molecule has 0 spiro atoms. The number of halogens is 1. The number of benzene rings is 2. The van der Waals surface area contributed by atoms with Gasteiger partial charge >= 0.3 is 0 Å². The van der Waals surface area contributed by atoms with Crippen molar-refractivity contribution in [2.75, 3.05) is 5.73 Å². The van der Waals surface area contributed by atoms with E-state index >= 15 is 0 Å². The lowest BCUT2D eigenvalue weighted by atomic mass is 9.86. The highest BCUT2D eigenvalue weighted by Gasteiger charge is 2.34. The molecule has 8 heteroatoms. The molecule has 0 bridgehead atoms. The minimum absolute atomic E-state index is 0.250. The molecule has 3 N–H and O–H groups in total. The van der Waals surface area contributed by atoms with Crippen molar-refractivity contribution in [2.45, 2.75) is 36.3 Å². The first-order valence-corrected chi connectivity index (χ1v) is 12.5. The van der Waals surface area contributed by atoms with Gasteiger partial charge in [-0.1, -0.05) is 61.9 Å². The van der Waals surface area contributed by atoms with Crippen molar-refractivity contribution in [1.29, 1.82) is 0 Å². The van der Waals surface area contributed by atoms with E-state index in [1.165, 1.54) is 24.3 Å². The zero-order valence-electron chi connectivity index (χ0n) is 18.0. The number of nitrogens with two attached hydrogens (primary N) is 1. The number of furan rings is 1. The first kappa shape index (κ1) is 23.3. The van der Waals surface area contributed by atoms with Crippen LogP contribution in [-0.4, -0.2) is 24.0 Å². The van der Waals surface area contributed by atoms with Gasteiger partial charge in [0, 0.05) is 23.1 Å². The van der Waals surface area contributed by atoms with Crippen molar-refractivity contribution >= 4 is 44.2 Å². The van der Waals surface area contributed by atoms with Crippen LogP contribution in [0, 0.1) is 0 Å². The van der Waals surface area contributed by atoms with Crippen LogP contribution in [0.25, 0.3) is 11.0 Å². The van der Waals surface area contributed by atoms with Crippen LogP contribution in [0.2, 0.25) is 0 Å². The Hall–Kier alpha value is -2.87. The van der Waals surface area contributed by atoms with Crippen LogP contribution in [0.5, 0.6) is 0 Å². The fourth-order valence-electron chi connectivity index (χ4n) is 4.05. The molecule has 2 aromatic carbocycles. The molecule has 1 aliphatic carbocycles. The summed E-state index contributed by atoms with van der Waals surface area (Å²) < 4.78 is 38.3. The first-order valence-electron chi connectivity index (χ1n) is 10.6. The van der Waals surface area contributed by atoms with Crippen molar-refractivity contribution in [3.8, 4) is 0 Å². The van der Waals surface area contributed by atoms with Gasteiger partial charge in [0.25, 0.3) is 10.1 Å². The molecule has 172 valence electrons. The topological polar surface area (TPSA) is 111 Å². The summed E-state index contributed by atoms with van der Waals surface area (Å²) in [6, 6.07) is 12.1. The molecular formula is C25H24ClNO5S. The quantitative estimate of drug-likeness (QED) is 0.152. The van der Waals surface area contributed by atoms with Gasteiger partial charge in [0.15, 0.2) is 5.78 Å². The van der Waals surface area contributed by atoms with Crippen molar-refractivity contribution in [3.63, 3.8) is 0 Å². The predicted molar refractivity (Wildman–Crippen MR) is 130 cm³/mol. The standard InChI is InChI=1S/C25H24ClNO5S/c1-2-3-8-22-23(19-15-16(27)9-10-21(19)32-22)24(28)18-6-4-5-7-20(18)25(26)13-11-17(12-14-25)33(29,30)31/h4-7,9-15,17H,2-3,8,27H2,1H3,(H,29,30,31). The zero-order chi connectivity index (χ0) is 23.8. The molecule has 33 heavy (non-hydrogen) atoms. The van der Waals surface area contributed by atoms with Crippen LogP contribution in [0.4, 0.5) is 5.69 Å². The maximum atomic E-state index is 13.9. The van der Waals surface area contributed by atoms with E-state index in [2.05, 4.69) is 6.92 Å². The van der Waals surface area contributed by atoms with Gasteiger partial charge in [-0.05, 0) is 30.2 Å². The third-order valence-corrected chi connectivity index (χ3v) is 7.21. The summed E-state index contributed by atoms with van der Waals surface area (Å²) in [6.07, 6.45) is 7.98. The van der Waals surface area contributed by atoms with Gasteiger partial charge in [0.1, 0.15) is 21.5 Å². The largest absolute Gasteiger partial charge is 0.460 e. The lowest BCUT2D eigenvalue weighted by molar-refractivity contribution is 0.103. The maximum Gasteiger partial charge on any atom is 0.275 e. The van der Waals surface area contributed by atoms with Gasteiger partial charge in [0.2, 0.25) is 0 Å².